The SMILES string of the molecule is Cc1ccc(SCCNC(=O)c2ccc(Cn3nc(C)cc3C)cc2)cc1. The lowest BCUT2D eigenvalue weighted by molar-refractivity contribution is 0.0956. The number of carbonyl (C=O) groups is 1. The van der Waals surface area contributed by atoms with E-state index in [1.165, 1.54) is 10.5 Å². The van der Waals surface area contributed by atoms with Crippen LogP contribution in [0.2, 0.25) is 0 Å². The molecule has 0 saturated carbocycles. The number of amides is 1. The lowest BCUT2D eigenvalue weighted by atomic mass is 10.1. The fourth-order valence-corrected chi connectivity index (χ4v) is 3.61. The van der Waals surface area contributed by atoms with Gasteiger partial charge < -0.3 is 5.32 Å². The van der Waals surface area contributed by atoms with Crippen LogP contribution in [0.3, 0.4) is 0 Å². The second-order valence-electron chi connectivity index (χ2n) is 6.70. The van der Waals surface area contributed by atoms with Crippen LogP contribution >= 0.6 is 11.8 Å². The topological polar surface area (TPSA) is 46.9 Å². The standard InChI is InChI=1S/C22H25N3OS/c1-16-4-10-21(11-5-16)27-13-12-23-22(26)20-8-6-19(7-9-20)15-25-18(3)14-17(2)24-25/h4-11,14H,12-13,15H2,1-3H3,(H,23,26). The maximum Gasteiger partial charge on any atom is 0.251 e. The van der Waals surface area contributed by atoms with E-state index in [2.05, 4.69) is 54.6 Å². The van der Waals surface area contributed by atoms with Gasteiger partial charge in [-0.3, -0.25) is 9.48 Å². The third-order valence-corrected chi connectivity index (χ3v) is 5.34. The van der Waals surface area contributed by atoms with Crippen molar-refractivity contribution in [1.29, 1.82) is 0 Å². The van der Waals surface area contributed by atoms with Crippen LogP contribution < -0.4 is 5.32 Å². The fourth-order valence-electron chi connectivity index (χ4n) is 2.84. The molecule has 3 rings (SSSR count). The summed E-state index contributed by atoms with van der Waals surface area (Å²) < 4.78 is 1.98. The summed E-state index contributed by atoms with van der Waals surface area (Å²) in [4.78, 5) is 13.5. The summed E-state index contributed by atoms with van der Waals surface area (Å²) >= 11 is 1.75. The molecule has 0 aliphatic heterocycles. The summed E-state index contributed by atoms with van der Waals surface area (Å²) in [6.45, 7) is 7.49. The zero-order valence-corrected chi connectivity index (χ0v) is 16.8. The lowest BCUT2D eigenvalue weighted by Crippen LogP contribution is -2.25. The largest absolute Gasteiger partial charge is 0.351 e. The third-order valence-electron chi connectivity index (χ3n) is 4.33. The molecule has 0 bridgehead atoms. The molecular formula is C22H25N3OS. The smallest absolute Gasteiger partial charge is 0.251 e. The Morgan fingerprint density at radius 3 is 2.37 bits per heavy atom. The van der Waals surface area contributed by atoms with Crippen molar-refractivity contribution >= 4 is 17.7 Å². The van der Waals surface area contributed by atoms with E-state index in [-0.39, 0.29) is 5.91 Å². The molecule has 4 nitrogen and oxygen atoms in total. The molecule has 1 N–H and O–H groups in total. The number of hydrogen-bond donors (Lipinski definition) is 1. The van der Waals surface area contributed by atoms with Crippen molar-refractivity contribution in [1.82, 2.24) is 15.1 Å². The van der Waals surface area contributed by atoms with Crippen LogP contribution in [0.4, 0.5) is 0 Å². The molecule has 5 heteroatoms. The minimum atomic E-state index is -0.0304. The molecule has 0 aliphatic carbocycles. The van der Waals surface area contributed by atoms with Crippen molar-refractivity contribution < 1.29 is 4.79 Å². The van der Waals surface area contributed by atoms with Crippen molar-refractivity contribution in [2.45, 2.75) is 32.2 Å². The number of rotatable bonds is 7. The normalized spacial score (nSPS) is 10.8. The van der Waals surface area contributed by atoms with E-state index < -0.39 is 0 Å². The molecule has 140 valence electrons. The van der Waals surface area contributed by atoms with Crippen molar-refractivity contribution in [2.24, 2.45) is 0 Å². The van der Waals surface area contributed by atoms with Gasteiger partial charge in [-0.15, -0.1) is 11.8 Å². The van der Waals surface area contributed by atoms with Crippen molar-refractivity contribution in [3.8, 4) is 0 Å². The van der Waals surface area contributed by atoms with E-state index in [4.69, 9.17) is 0 Å². The average molecular weight is 380 g/mol. The van der Waals surface area contributed by atoms with E-state index in [9.17, 15) is 4.79 Å². The molecule has 0 atom stereocenters. The summed E-state index contributed by atoms with van der Waals surface area (Å²) in [7, 11) is 0. The van der Waals surface area contributed by atoms with E-state index in [1.807, 2.05) is 35.9 Å². The number of nitrogens with zero attached hydrogens (tertiary/aromatic N) is 2. The summed E-state index contributed by atoms with van der Waals surface area (Å²) in [6, 6.07) is 18.2. The minimum Gasteiger partial charge on any atom is -0.351 e. The number of carbonyl (C=O) groups excluding carboxylic acids is 1. The first-order valence-electron chi connectivity index (χ1n) is 9.09. The molecule has 2 aromatic carbocycles. The zero-order valence-electron chi connectivity index (χ0n) is 16.0. The summed E-state index contributed by atoms with van der Waals surface area (Å²) in [5.74, 6) is 0.822. The average Bonchev–Trinajstić information content (AvgIpc) is 2.97. The van der Waals surface area contributed by atoms with Crippen LogP contribution in [0.15, 0.2) is 59.5 Å². The first-order chi connectivity index (χ1) is 13.0. The molecule has 0 radical (unpaired) electrons. The van der Waals surface area contributed by atoms with Crippen LogP contribution in [-0.4, -0.2) is 28.0 Å². The predicted molar refractivity (Wildman–Crippen MR) is 111 cm³/mol. The van der Waals surface area contributed by atoms with E-state index in [0.29, 0.717) is 12.1 Å². The Bertz CT molecular complexity index is 898. The van der Waals surface area contributed by atoms with Gasteiger partial charge in [0, 0.05) is 28.5 Å². The maximum atomic E-state index is 12.3. The molecular weight excluding hydrogens is 354 g/mol. The molecule has 0 unspecified atom stereocenters. The highest BCUT2D eigenvalue weighted by molar-refractivity contribution is 7.99. The van der Waals surface area contributed by atoms with Crippen molar-refractivity contribution in [2.75, 3.05) is 12.3 Å². The van der Waals surface area contributed by atoms with Crippen LogP contribution in [0.5, 0.6) is 0 Å². The Labute approximate surface area is 165 Å². The number of aromatic nitrogens is 2. The van der Waals surface area contributed by atoms with Crippen LogP contribution in [-0.2, 0) is 6.54 Å². The predicted octanol–water partition coefficient (Wildman–Crippen LogP) is 4.38. The summed E-state index contributed by atoms with van der Waals surface area (Å²) in [5, 5.41) is 7.46. The van der Waals surface area contributed by atoms with Crippen LogP contribution in [0.25, 0.3) is 0 Å². The zero-order chi connectivity index (χ0) is 19.2. The van der Waals surface area contributed by atoms with Gasteiger partial charge in [-0.25, -0.2) is 0 Å². The second kappa shape index (κ2) is 8.91. The molecule has 27 heavy (non-hydrogen) atoms. The van der Waals surface area contributed by atoms with Gasteiger partial charge in [0.2, 0.25) is 0 Å². The Hall–Kier alpha value is -2.53. The molecule has 1 amide bonds. The van der Waals surface area contributed by atoms with Gasteiger partial charge in [-0.1, -0.05) is 29.8 Å². The summed E-state index contributed by atoms with van der Waals surface area (Å²) in [6.07, 6.45) is 0. The Morgan fingerprint density at radius 2 is 1.74 bits per heavy atom. The van der Waals surface area contributed by atoms with Gasteiger partial charge in [-0.2, -0.15) is 5.10 Å². The van der Waals surface area contributed by atoms with Crippen LogP contribution in [0, 0.1) is 20.8 Å². The van der Waals surface area contributed by atoms with Gasteiger partial charge in [0.25, 0.3) is 5.91 Å². The number of aryl methyl sites for hydroxylation is 3. The van der Waals surface area contributed by atoms with Gasteiger partial charge in [-0.05, 0) is 56.7 Å². The molecule has 0 saturated heterocycles. The molecule has 0 aliphatic rings. The van der Waals surface area contributed by atoms with Crippen molar-refractivity contribution in [3.05, 3.63) is 82.7 Å². The van der Waals surface area contributed by atoms with Gasteiger partial charge in [0.1, 0.15) is 0 Å². The first-order valence-corrected chi connectivity index (χ1v) is 10.1. The number of benzene rings is 2. The van der Waals surface area contributed by atoms with E-state index in [0.717, 1.165) is 29.2 Å². The highest BCUT2D eigenvalue weighted by atomic mass is 32.2. The third kappa shape index (κ3) is 5.47. The number of hydrogen-bond acceptors (Lipinski definition) is 3. The van der Waals surface area contributed by atoms with Gasteiger partial charge >= 0.3 is 0 Å². The molecule has 1 heterocycles. The summed E-state index contributed by atoms with van der Waals surface area (Å²) in [5.41, 5.74) is 5.24. The van der Waals surface area contributed by atoms with Gasteiger partial charge in [0.05, 0.1) is 12.2 Å². The second-order valence-corrected chi connectivity index (χ2v) is 7.87. The molecule has 0 spiro atoms. The highest BCUT2D eigenvalue weighted by Gasteiger charge is 2.06. The maximum absolute atomic E-state index is 12.3. The monoisotopic (exact) mass is 379 g/mol. The Kier molecular flexibility index (Phi) is 6.35. The van der Waals surface area contributed by atoms with E-state index >= 15 is 0 Å². The quantitative estimate of drug-likeness (QED) is 0.489. The number of nitrogens with one attached hydrogen (secondary N) is 1. The lowest BCUT2D eigenvalue weighted by Gasteiger charge is -2.08. The fraction of sp³-hybridized carbons (Fsp3) is 0.273. The minimum absolute atomic E-state index is 0.0304. The molecule has 0 fully saturated rings. The van der Waals surface area contributed by atoms with Gasteiger partial charge in [0.15, 0.2) is 0 Å². The highest BCUT2D eigenvalue weighted by Crippen LogP contribution is 2.17. The molecule has 1 aromatic heterocycles. The van der Waals surface area contributed by atoms with Crippen molar-refractivity contribution in [3.63, 3.8) is 0 Å². The van der Waals surface area contributed by atoms with Crippen LogP contribution in [0.1, 0.15) is 32.9 Å². The first kappa shape index (κ1) is 19.2. The molecule has 3 aromatic rings. The number of thioether (sulfide) groups is 1. The Morgan fingerprint density at radius 1 is 1.04 bits per heavy atom. The Balaban J connectivity index is 1.47. The van der Waals surface area contributed by atoms with E-state index in [1.54, 1.807) is 11.8 Å².